The van der Waals surface area contributed by atoms with Crippen molar-refractivity contribution in [1.82, 2.24) is 9.97 Å². The van der Waals surface area contributed by atoms with Crippen molar-refractivity contribution in [2.24, 2.45) is 0 Å². The van der Waals surface area contributed by atoms with Gasteiger partial charge in [0, 0.05) is 25.1 Å². The van der Waals surface area contributed by atoms with Gasteiger partial charge in [0.15, 0.2) is 0 Å². The van der Waals surface area contributed by atoms with Gasteiger partial charge in [-0.2, -0.15) is 4.98 Å². The van der Waals surface area contributed by atoms with Crippen LogP contribution in [0.15, 0.2) is 30.3 Å². The van der Waals surface area contributed by atoms with E-state index in [4.69, 9.17) is 5.73 Å². The van der Waals surface area contributed by atoms with Crippen LogP contribution in [0.2, 0.25) is 0 Å². The molecule has 1 saturated carbocycles. The fraction of sp³-hybridized carbons (Fsp3) is 0.412. The van der Waals surface area contributed by atoms with E-state index in [-0.39, 0.29) is 6.10 Å². The third-order valence-electron chi connectivity index (χ3n) is 4.74. The standard InChI is InChI=1S/C17H20N4O/c18-17-19-15(13-7-14(22)8-13)9-16(20-17)21-6-5-11-3-1-2-4-12(11)10-21/h1-4,9,13-14,22H,5-8,10H2,(H2,18,19,20). The zero-order valence-corrected chi connectivity index (χ0v) is 12.4. The highest BCUT2D eigenvalue weighted by molar-refractivity contribution is 5.48. The molecular formula is C17H20N4O. The van der Waals surface area contributed by atoms with Crippen LogP contribution in [0.25, 0.3) is 0 Å². The van der Waals surface area contributed by atoms with E-state index >= 15 is 0 Å². The van der Waals surface area contributed by atoms with Gasteiger partial charge in [0.1, 0.15) is 5.82 Å². The minimum Gasteiger partial charge on any atom is -0.393 e. The molecule has 22 heavy (non-hydrogen) atoms. The van der Waals surface area contributed by atoms with Crippen LogP contribution in [0.1, 0.15) is 35.6 Å². The van der Waals surface area contributed by atoms with Crippen LogP contribution in [-0.4, -0.2) is 27.7 Å². The number of aliphatic hydroxyl groups excluding tert-OH is 1. The highest BCUT2D eigenvalue weighted by Crippen LogP contribution is 2.37. The summed E-state index contributed by atoms with van der Waals surface area (Å²) in [5, 5.41) is 9.49. The molecule has 0 atom stereocenters. The maximum atomic E-state index is 9.49. The zero-order chi connectivity index (χ0) is 15.1. The van der Waals surface area contributed by atoms with Crippen LogP contribution in [0, 0.1) is 0 Å². The van der Waals surface area contributed by atoms with Gasteiger partial charge in [-0.1, -0.05) is 24.3 Å². The second kappa shape index (κ2) is 5.25. The molecule has 4 rings (SSSR count). The Morgan fingerprint density at radius 3 is 2.68 bits per heavy atom. The van der Waals surface area contributed by atoms with E-state index in [2.05, 4.69) is 39.1 Å². The summed E-state index contributed by atoms with van der Waals surface area (Å²) in [7, 11) is 0. The number of fused-ring (bicyclic) bond motifs is 1. The molecule has 2 aliphatic rings. The minimum absolute atomic E-state index is 0.188. The van der Waals surface area contributed by atoms with Crippen LogP contribution >= 0.6 is 0 Å². The van der Waals surface area contributed by atoms with Crippen LogP contribution in [0.3, 0.4) is 0 Å². The first-order valence-electron chi connectivity index (χ1n) is 7.83. The van der Waals surface area contributed by atoms with E-state index in [9.17, 15) is 5.11 Å². The largest absolute Gasteiger partial charge is 0.393 e. The second-order valence-electron chi connectivity index (χ2n) is 6.27. The Hall–Kier alpha value is -2.14. The first kappa shape index (κ1) is 13.5. The van der Waals surface area contributed by atoms with E-state index in [0.717, 1.165) is 43.9 Å². The third kappa shape index (κ3) is 2.41. The normalized spacial score (nSPS) is 23.8. The molecule has 1 fully saturated rings. The van der Waals surface area contributed by atoms with Gasteiger partial charge in [0.2, 0.25) is 5.95 Å². The molecule has 2 aromatic rings. The number of benzene rings is 1. The molecule has 114 valence electrons. The van der Waals surface area contributed by atoms with Gasteiger partial charge in [-0.25, -0.2) is 4.98 Å². The summed E-state index contributed by atoms with van der Waals surface area (Å²) in [6, 6.07) is 10.6. The summed E-state index contributed by atoms with van der Waals surface area (Å²) >= 11 is 0. The molecule has 0 bridgehead atoms. The van der Waals surface area contributed by atoms with Crippen LogP contribution in [0.5, 0.6) is 0 Å². The predicted molar refractivity (Wildman–Crippen MR) is 85.6 cm³/mol. The number of aromatic nitrogens is 2. The molecule has 1 aromatic carbocycles. The second-order valence-corrected chi connectivity index (χ2v) is 6.27. The lowest BCUT2D eigenvalue weighted by Gasteiger charge is -2.33. The maximum absolute atomic E-state index is 9.49. The van der Waals surface area contributed by atoms with E-state index in [1.54, 1.807) is 0 Å². The Morgan fingerprint density at radius 2 is 1.91 bits per heavy atom. The number of nitrogens with two attached hydrogens (primary N) is 1. The maximum Gasteiger partial charge on any atom is 0.222 e. The highest BCUT2D eigenvalue weighted by atomic mass is 16.3. The molecular weight excluding hydrogens is 276 g/mol. The van der Waals surface area contributed by atoms with Crippen LogP contribution in [-0.2, 0) is 13.0 Å². The zero-order valence-electron chi connectivity index (χ0n) is 12.4. The highest BCUT2D eigenvalue weighted by Gasteiger charge is 2.30. The van der Waals surface area contributed by atoms with E-state index < -0.39 is 0 Å². The molecule has 0 spiro atoms. The quantitative estimate of drug-likeness (QED) is 0.884. The molecule has 1 aliphatic heterocycles. The van der Waals surface area contributed by atoms with Crippen molar-refractivity contribution < 1.29 is 5.11 Å². The van der Waals surface area contributed by atoms with Gasteiger partial charge in [-0.15, -0.1) is 0 Å². The van der Waals surface area contributed by atoms with Gasteiger partial charge in [-0.3, -0.25) is 0 Å². The van der Waals surface area contributed by atoms with E-state index in [1.165, 1.54) is 11.1 Å². The molecule has 5 heteroatoms. The van der Waals surface area contributed by atoms with Gasteiger partial charge >= 0.3 is 0 Å². The Morgan fingerprint density at radius 1 is 1.14 bits per heavy atom. The van der Waals surface area contributed by atoms with Gasteiger partial charge in [-0.05, 0) is 30.4 Å². The summed E-state index contributed by atoms with van der Waals surface area (Å²) < 4.78 is 0. The van der Waals surface area contributed by atoms with Gasteiger partial charge in [0.05, 0.1) is 11.8 Å². The molecule has 0 amide bonds. The van der Waals surface area contributed by atoms with Crippen LogP contribution in [0.4, 0.5) is 11.8 Å². The summed E-state index contributed by atoms with van der Waals surface area (Å²) in [5.74, 6) is 1.54. The Balaban J connectivity index is 1.60. The van der Waals surface area contributed by atoms with Crippen molar-refractivity contribution in [1.29, 1.82) is 0 Å². The number of hydrogen-bond acceptors (Lipinski definition) is 5. The molecule has 3 N–H and O–H groups in total. The summed E-state index contributed by atoms with van der Waals surface area (Å²) in [4.78, 5) is 11.0. The molecule has 2 heterocycles. The molecule has 0 saturated heterocycles. The summed E-state index contributed by atoms with van der Waals surface area (Å²) in [5.41, 5.74) is 9.64. The van der Waals surface area contributed by atoms with E-state index in [0.29, 0.717) is 11.9 Å². The average Bonchev–Trinajstić information content (AvgIpc) is 2.51. The predicted octanol–water partition coefficient (Wildman–Crippen LogP) is 1.86. The molecule has 1 aromatic heterocycles. The Bertz CT molecular complexity index is 697. The summed E-state index contributed by atoms with van der Waals surface area (Å²) in [6.07, 6.45) is 2.39. The smallest absolute Gasteiger partial charge is 0.222 e. The summed E-state index contributed by atoms with van der Waals surface area (Å²) in [6.45, 7) is 1.81. The van der Waals surface area contributed by atoms with Crippen molar-refractivity contribution in [2.75, 3.05) is 17.2 Å². The topological polar surface area (TPSA) is 75.3 Å². The first-order chi connectivity index (χ1) is 10.7. The monoisotopic (exact) mass is 296 g/mol. The van der Waals surface area contributed by atoms with Gasteiger partial charge in [0.25, 0.3) is 0 Å². The number of nitrogen functional groups attached to an aromatic ring is 1. The third-order valence-corrected chi connectivity index (χ3v) is 4.74. The van der Waals surface area contributed by atoms with Gasteiger partial charge < -0.3 is 15.7 Å². The number of aliphatic hydroxyl groups is 1. The molecule has 0 unspecified atom stereocenters. The van der Waals surface area contributed by atoms with Crippen molar-refractivity contribution in [3.63, 3.8) is 0 Å². The number of rotatable bonds is 2. The van der Waals surface area contributed by atoms with Crippen molar-refractivity contribution in [2.45, 2.75) is 37.8 Å². The number of hydrogen-bond donors (Lipinski definition) is 2. The van der Waals surface area contributed by atoms with Crippen molar-refractivity contribution in [3.8, 4) is 0 Å². The van der Waals surface area contributed by atoms with Crippen molar-refractivity contribution in [3.05, 3.63) is 47.2 Å². The van der Waals surface area contributed by atoms with Crippen LogP contribution < -0.4 is 10.6 Å². The SMILES string of the molecule is Nc1nc(C2CC(O)C2)cc(N2CCc3ccccc3C2)n1. The van der Waals surface area contributed by atoms with E-state index in [1.807, 2.05) is 6.07 Å². The lowest BCUT2D eigenvalue weighted by Crippen LogP contribution is -2.32. The number of anilines is 2. The fourth-order valence-electron chi connectivity index (χ4n) is 3.36. The average molecular weight is 296 g/mol. The molecule has 0 radical (unpaired) electrons. The number of nitrogens with zero attached hydrogens (tertiary/aromatic N) is 3. The molecule has 1 aliphatic carbocycles. The Labute approximate surface area is 129 Å². The fourth-order valence-corrected chi connectivity index (χ4v) is 3.36. The lowest BCUT2D eigenvalue weighted by molar-refractivity contribution is 0.0732. The lowest BCUT2D eigenvalue weighted by atomic mass is 9.80. The minimum atomic E-state index is -0.188. The Kier molecular flexibility index (Phi) is 3.22. The molecule has 5 nitrogen and oxygen atoms in total. The van der Waals surface area contributed by atoms with Crippen molar-refractivity contribution >= 4 is 11.8 Å². The first-order valence-corrected chi connectivity index (χ1v) is 7.83.